The number of rotatable bonds is 6. The quantitative estimate of drug-likeness (QED) is 0.779. The van der Waals surface area contributed by atoms with Gasteiger partial charge in [-0.1, -0.05) is 19.8 Å². The van der Waals surface area contributed by atoms with Crippen LogP contribution in [0.15, 0.2) is 18.3 Å². The molecule has 0 aromatic carbocycles. The van der Waals surface area contributed by atoms with E-state index in [1.165, 1.54) is 18.4 Å². The van der Waals surface area contributed by atoms with Gasteiger partial charge in [-0.25, -0.2) is 4.98 Å². The highest BCUT2D eigenvalue weighted by Crippen LogP contribution is 2.11. The van der Waals surface area contributed by atoms with Gasteiger partial charge < -0.3 is 10.5 Å². The Balaban J connectivity index is 2.48. The Bertz CT molecular complexity index is 289. The van der Waals surface area contributed by atoms with Crippen molar-refractivity contribution in [3.05, 3.63) is 23.9 Å². The predicted octanol–water partition coefficient (Wildman–Crippen LogP) is 2.15. The number of unbranched alkanes of at least 4 members (excludes halogenated alkanes) is 1. The lowest BCUT2D eigenvalue weighted by Crippen LogP contribution is -2.22. The molecule has 0 saturated carbocycles. The molecule has 0 aliphatic rings. The molecular weight excluding hydrogens is 188 g/mol. The van der Waals surface area contributed by atoms with Gasteiger partial charge in [-0.3, -0.25) is 0 Å². The summed E-state index contributed by atoms with van der Waals surface area (Å²) in [6.45, 7) is 2.18. The number of nitrogens with zero attached hydrogens (tertiary/aromatic N) is 1. The molecule has 1 aromatic rings. The molecule has 0 aliphatic heterocycles. The maximum Gasteiger partial charge on any atom is 0.213 e. The van der Waals surface area contributed by atoms with Crippen LogP contribution in [0.4, 0.5) is 0 Å². The third-order valence-corrected chi connectivity index (χ3v) is 2.43. The number of methoxy groups -OCH3 is 1. The summed E-state index contributed by atoms with van der Waals surface area (Å²) in [7, 11) is 1.63. The van der Waals surface area contributed by atoms with Crippen molar-refractivity contribution in [1.82, 2.24) is 4.98 Å². The Morgan fingerprint density at radius 1 is 1.53 bits per heavy atom. The van der Waals surface area contributed by atoms with Gasteiger partial charge in [0.1, 0.15) is 0 Å². The summed E-state index contributed by atoms with van der Waals surface area (Å²) in [6, 6.07) is 4.19. The highest BCUT2D eigenvalue weighted by molar-refractivity contribution is 5.21. The normalized spacial score (nSPS) is 12.5. The smallest absolute Gasteiger partial charge is 0.213 e. The minimum absolute atomic E-state index is 0.247. The molecule has 0 amide bonds. The van der Waals surface area contributed by atoms with Crippen molar-refractivity contribution in [2.45, 2.75) is 38.6 Å². The predicted molar refractivity (Wildman–Crippen MR) is 62.0 cm³/mol. The number of hydrogen-bond acceptors (Lipinski definition) is 3. The van der Waals surface area contributed by atoms with Crippen molar-refractivity contribution in [3.63, 3.8) is 0 Å². The van der Waals surface area contributed by atoms with E-state index in [-0.39, 0.29) is 6.04 Å². The Hall–Kier alpha value is -1.09. The lowest BCUT2D eigenvalue weighted by atomic mass is 10.0. The molecule has 3 nitrogen and oxygen atoms in total. The summed E-state index contributed by atoms with van der Waals surface area (Å²) >= 11 is 0. The zero-order chi connectivity index (χ0) is 11.1. The molecule has 1 rings (SSSR count). The van der Waals surface area contributed by atoms with Crippen LogP contribution in [0.25, 0.3) is 0 Å². The SMILES string of the molecule is CCCC[C@H](N)Cc1ccnc(OC)c1. The molecule has 0 fully saturated rings. The second kappa shape index (κ2) is 6.40. The average Bonchev–Trinajstić information content (AvgIpc) is 2.26. The van der Waals surface area contributed by atoms with E-state index < -0.39 is 0 Å². The lowest BCUT2D eigenvalue weighted by Gasteiger charge is -2.11. The maximum atomic E-state index is 6.02. The molecular formula is C12H20N2O. The van der Waals surface area contributed by atoms with Gasteiger partial charge >= 0.3 is 0 Å². The van der Waals surface area contributed by atoms with Crippen LogP contribution >= 0.6 is 0 Å². The number of hydrogen-bond donors (Lipinski definition) is 1. The number of nitrogens with two attached hydrogens (primary N) is 1. The van der Waals surface area contributed by atoms with Crippen LogP contribution in [0.3, 0.4) is 0 Å². The maximum absolute atomic E-state index is 6.02. The fraction of sp³-hybridized carbons (Fsp3) is 0.583. The van der Waals surface area contributed by atoms with Gasteiger partial charge in [0.15, 0.2) is 0 Å². The monoisotopic (exact) mass is 208 g/mol. The Morgan fingerprint density at radius 3 is 3.00 bits per heavy atom. The zero-order valence-corrected chi connectivity index (χ0v) is 9.57. The van der Waals surface area contributed by atoms with Crippen molar-refractivity contribution in [3.8, 4) is 5.88 Å². The first kappa shape index (κ1) is 12.0. The number of aromatic nitrogens is 1. The summed E-state index contributed by atoms with van der Waals surface area (Å²) in [5.41, 5.74) is 7.22. The van der Waals surface area contributed by atoms with Crippen molar-refractivity contribution < 1.29 is 4.74 Å². The van der Waals surface area contributed by atoms with Crippen LogP contribution in [0.5, 0.6) is 5.88 Å². The second-order valence-corrected chi connectivity index (χ2v) is 3.81. The molecule has 0 aliphatic carbocycles. The van der Waals surface area contributed by atoms with Gasteiger partial charge in [-0.2, -0.15) is 0 Å². The topological polar surface area (TPSA) is 48.1 Å². The standard InChI is InChI=1S/C12H20N2O/c1-3-4-5-11(13)8-10-6-7-14-12(9-10)15-2/h6-7,9,11H,3-5,8,13H2,1-2H3/t11-/m0/s1. The third-order valence-electron chi connectivity index (χ3n) is 2.43. The van der Waals surface area contributed by atoms with E-state index in [4.69, 9.17) is 10.5 Å². The third kappa shape index (κ3) is 4.30. The van der Waals surface area contributed by atoms with Crippen LogP contribution in [0, 0.1) is 0 Å². The summed E-state index contributed by atoms with van der Waals surface area (Å²) in [4.78, 5) is 4.06. The van der Waals surface area contributed by atoms with E-state index in [9.17, 15) is 0 Å². The molecule has 84 valence electrons. The summed E-state index contributed by atoms with van der Waals surface area (Å²) < 4.78 is 5.07. The fourth-order valence-corrected chi connectivity index (χ4v) is 1.56. The van der Waals surface area contributed by atoms with Crippen LogP contribution in [0.1, 0.15) is 31.7 Å². The molecule has 15 heavy (non-hydrogen) atoms. The van der Waals surface area contributed by atoms with E-state index in [0.717, 1.165) is 12.8 Å². The van der Waals surface area contributed by atoms with Gasteiger partial charge in [-0.05, 0) is 24.5 Å². The van der Waals surface area contributed by atoms with Crippen LogP contribution in [0.2, 0.25) is 0 Å². The Morgan fingerprint density at radius 2 is 2.33 bits per heavy atom. The molecule has 0 radical (unpaired) electrons. The molecule has 0 unspecified atom stereocenters. The number of ether oxygens (including phenoxy) is 1. The van der Waals surface area contributed by atoms with E-state index >= 15 is 0 Å². The lowest BCUT2D eigenvalue weighted by molar-refractivity contribution is 0.397. The van der Waals surface area contributed by atoms with Crippen LogP contribution < -0.4 is 10.5 Å². The van der Waals surface area contributed by atoms with Gasteiger partial charge in [-0.15, -0.1) is 0 Å². The Kier molecular flexibility index (Phi) is 5.12. The highest BCUT2D eigenvalue weighted by Gasteiger charge is 2.04. The first-order valence-corrected chi connectivity index (χ1v) is 5.50. The molecule has 0 bridgehead atoms. The van der Waals surface area contributed by atoms with E-state index in [0.29, 0.717) is 5.88 Å². The van der Waals surface area contributed by atoms with Crippen molar-refractivity contribution in [2.24, 2.45) is 5.73 Å². The molecule has 1 heterocycles. The van der Waals surface area contributed by atoms with Crippen LogP contribution in [-0.2, 0) is 6.42 Å². The summed E-state index contributed by atoms with van der Waals surface area (Å²) in [5.74, 6) is 0.662. The summed E-state index contributed by atoms with van der Waals surface area (Å²) in [6.07, 6.45) is 6.15. The molecule has 1 atom stereocenters. The minimum atomic E-state index is 0.247. The molecule has 1 aromatic heterocycles. The molecule has 3 heteroatoms. The zero-order valence-electron chi connectivity index (χ0n) is 9.57. The van der Waals surface area contributed by atoms with Crippen molar-refractivity contribution in [2.75, 3.05) is 7.11 Å². The van der Waals surface area contributed by atoms with E-state index in [2.05, 4.69) is 11.9 Å². The fourth-order valence-electron chi connectivity index (χ4n) is 1.56. The first-order chi connectivity index (χ1) is 7.26. The van der Waals surface area contributed by atoms with Gasteiger partial charge in [0.25, 0.3) is 0 Å². The molecule has 0 saturated heterocycles. The number of pyridine rings is 1. The van der Waals surface area contributed by atoms with E-state index in [1.54, 1.807) is 13.3 Å². The van der Waals surface area contributed by atoms with Crippen LogP contribution in [-0.4, -0.2) is 18.1 Å². The summed E-state index contributed by atoms with van der Waals surface area (Å²) in [5, 5.41) is 0. The highest BCUT2D eigenvalue weighted by atomic mass is 16.5. The Labute approximate surface area is 91.7 Å². The van der Waals surface area contributed by atoms with E-state index in [1.807, 2.05) is 12.1 Å². The van der Waals surface area contributed by atoms with Crippen molar-refractivity contribution in [1.29, 1.82) is 0 Å². The average molecular weight is 208 g/mol. The molecule has 2 N–H and O–H groups in total. The van der Waals surface area contributed by atoms with Crippen molar-refractivity contribution >= 4 is 0 Å². The van der Waals surface area contributed by atoms with Gasteiger partial charge in [0.05, 0.1) is 7.11 Å². The first-order valence-electron chi connectivity index (χ1n) is 5.50. The molecule has 0 spiro atoms. The second-order valence-electron chi connectivity index (χ2n) is 3.81. The van der Waals surface area contributed by atoms with Gasteiger partial charge in [0.2, 0.25) is 5.88 Å². The largest absolute Gasteiger partial charge is 0.481 e. The van der Waals surface area contributed by atoms with Gasteiger partial charge in [0, 0.05) is 18.3 Å². The minimum Gasteiger partial charge on any atom is -0.481 e.